The highest BCUT2D eigenvalue weighted by atomic mass is 35.5. The van der Waals surface area contributed by atoms with E-state index in [1.54, 1.807) is 31.3 Å². The molecule has 4 aromatic carbocycles. The highest BCUT2D eigenvalue weighted by Gasteiger charge is 2.36. The first-order valence-electron chi connectivity index (χ1n) is 45.6. The third-order valence-corrected chi connectivity index (χ3v) is 29.3. The number of rotatable bonds is 47. The summed E-state index contributed by atoms with van der Waals surface area (Å²) in [5.74, 6) is -2.08. The number of ketones is 7. The van der Waals surface area contributed by atoms with E-state index in [1.807, 2.05) is 62.4 Å². The number of fused-ring (bicyclic) bond motifs is 4. The van der Waals surface area contributed by atoms with Crippen LogP contribution in [0.15, 0.2) is 123 Å². The number of ether oxygens (including phenoxy) is 4. The Kier molecular flexibility index (Phi) is 45.5. The maximum absolute atomic E-state index is 13.5. The number of halogens is 4. The van der Waals surface area contributed by atoms with Crippen LogP contribution in [-0.2, 0) is 102 Å². The molecule has 0 bridgehead atoms. The van der Waals surface area contributed by atoms with E-state index in [9.17, 15) is 57.5 Å². The molecule has 12 rings (SSSR count). The molecule has 132 heavy (non-hydrogen) atoms. The summed E-state index contributed by atoms with van der Waals surface area (Å²) >= 11 is 30.3. The second-order valence-electron chi connectivity index (χ2n) is 34.0. The molecular formula is C99H123Cl4N9O16S4. The van der Waals surface area contributed by atoms with Crippen LogP contribution in [0.1, 0.15) is 188 Å². The fraction of sp³-hybridized carbons (Fsp3) is 0.515. The Hall–Kier alpha value is -8.56. The Morgan fingerprint density at radius 1 is 0.379 bits per heavy atom. The molecule has 8 atom stereocenters. The van der Waals surface area contributed by atoms with Gasteiger partial charge in [0.15, 0.2) is 23.1 Å². The lowest BCUT2D eigenvalue weighted by atomic mass is 9.87. The van der Waals surface area contributed by atoms with Crippen molar-refractivity contribution in [3.8, 4) is 0 Å². The van der Waals surface area contributed by atoms with Crippen molar-refractivity contribution in [3.05, 3.63) is 164 Å². The maximum atomic E-state index is 13.5. The van der Waals surface area contributed by atoms with E-state index < -0.39 is 23.7 Å². The van der Waals surface area contributed by atoms with Crippen LogP contribution in [0, 0.1) is 47.3 Å². The first-order chi connectivity index (χ1) is 63.5. The molecule has 4 saturated heterocycles. The molecule has 4 aromatic heterocycles. The molecular weight excluding hydrogens is 1840 g/mol. The number of nitrogens with one attached hydrogen (secondary N) is 5. The minimum absolute atomic E-state index is 0.0332. The molecule has 0 radical (unpaired) electrons. The fourth-order valence-electron chi connectivity index (χ4n) is 16.7. The van der Waals surface area contributed by atoms with Crippen molar-refractivity contribution >= 4 is 203 Å². The molecule has 25 nitrogen and oxygen atoms in total. The molecule has 0 aliphatic carbocycles. The normalized spacial score (nSPS) is 16.3. The average molecular weight is 1970 g/mol. The Bertz CT molecular complexity index is 5120. The SMILES string of the molecule is C=CC(=O)CC[C@@H](NC(=O)[C@@H](CC(=O)CC)Cc1nc2ccc(Cl)cc2s1)C1CCOCC1.C=CC(=O)CC[C@@H](NC(=O)[C@@H](CC(=O)CCC)Cc1nc2ccc(Cl)cc2s1)C1CCOCC1.C=CC(=O)CC[C@@H](NC(=O)[C@@H](CC(=O)NC)Cc1nc2ccc(Cl)cc2s1)C1CCOCC1.C=CC(=O)CC[C@@H](NC(=O)[C@@H](CC(C)=O)Cc1nc2ccc(Cl)cc2s1)C1CCOCC1. The van der Waals surface area contributed by atoms with Gasteiger partial charge in [0.05, 0.1) is 84.6 Å². The van der Waals surface area contributed by atoms with Gasteiger partial charge in [-0.3, -0.25) is 52.7 Å². The van der Waals surface area contributed by atoms with Gasteiger partial charge in [-0.2, -0.15) is 0 Å². The zero-order valence-corrected chi connectivity index (χ0v) is 82.0. The predicted octanol–water partition coefficient (Wildman–Crippen LogP) is 18.5. The number of amides is 5. The Morgan fingerprint density at radius 3 is 0.864 bits per heavy atom. The molecule has 33 heteroatoms. The summed E-state index contributed by atoms with van der Waals surface area (Å²) in [4.78, 5) is 168. The van der Waals surface area contributed by atoms with E-state index >= 15 is 0 Å². The van der Waals surface area contributed by atoms with Crippen LogP contribution in [0.2, 0.25) is 20.1 Å². The Balaban J connectivity index is 0.000000198. The van der Waals surface area contributed by atoms with Gasteiger partial charge in [-0.1, -0.05) is 86.6 Å². The van der Waals surface area contributed by atoms with Crippen molar-refractivity contribution in [2.75, 3.05) is 59.9 Å². The molecule has 5 N–H and O–H groups in total. The summed E-state index contributed by atoms with van der Waals surface area (Å²) in [5.41, 5.74) is 3.33. The van der Waals surface area contributed by atoms with Gasteiger partial charge in [-0.05, 0) is 211 Å². The number of aromatic nitrogens is 4. The van der Waals surface area contributed by atoms with Crippen LogP contribution < -0.4 is 26.6 Å². The molecule has 4 aliphatic heterocycles. The van der Waals surface area contributed by atoms with Crippen molar-refractivity contribution < 1.29 is 76.5 Å². The molecule has 712 valence electrons. The van der Waals surface area contributed by atoms with E-state index in [1.165, 1.54) is 76.6 Å². The minimum atomic E-state index is -0.571. The summed E-state index contributed by atoms with van der Waals surface area (Å²) in [7, 11) is 1.56. The van der Waals surface area contributed by atoms with Crippen LogP contribution in [0.3, 0.4) is 0 Å². The van der Waals surface area contributed by atoms with Crippen LogP contribution in [0.5, 0.6) is 0 Å². The number of thiazole rings is 4. The standard InChI is InChI=1S/C26H33ClN2O4S.C25H31ClN2O4S.C24H30ClN3O4S.C24H29ClN2O4S/c1-3-5-21(31)14-18(15-25-28-23-8-6-19(27)16-24(23)34-25)26(32)29-22(9-7-20(30)4-2)17-10-12-33-13-11-17;1-3-19(29)6-8-21(16-9-11-32-12-10-16)28-25(31)17(13-20(30)4-2)14-24-27-22-7-5-18(26)15-23(22)33-24;1-3-18(29)5-7-19(15-8-10-32-11-9-15)28-24(31)16(12-22(30)26-2)13-23-27-20-6-4-17(25)14-21(20)33-23;1-3-19(29)5-7-20(16-8-10-31-11-9-16)27-24(30)17(12-15(2)28)13-23-26-21-6-4-18(25)14-22(21)32-23/h4,6,8,16-18,22H,2-3,5,7,9-15H2,1H3,(H,29,32);3,5,7,15-17,21H,1,4,6,8-14H2,2H3,(H,28,31);3-4,6,14-16,19H,1,5,7-13H2,2H3,(H,26,30)(H,28,31);3-4,6,14,16-17,20H,1,5,7-13H2,2H3,(H,27,30)/t18-,22+;17-,21+;16-,19+;17-,20+/m0000/s1. The number of benzene rings is 4. The highest BCUT2D eigenvalue weighted by Crippen LogP contribution is 2.36. The number of hydrogen-bond donors (Lipinski definition) is 5. The zero-order valence-electron chi connectivity index (χ0n) is 75.7. The van der Waals surface area contributed by atoms with Crippen molar-refractivity contribution in [1.29, 1.82) is 0 Å². The monoisotopic (exact) mass is 1960 g/mol. The third kappa shape index (κ3) is 35.6. The molecule has 5 amide bonds. The molecule has 4 aliphatic rings. The summed E-state index contributed by atoms with van der Waals surface area (Å²) in [6.07, 6.45) is 19.2. The van der Waals surface area contributed by atoms with Gasteiger partial charge >= 0.3 is 0 Å². The number of carbonyl (C=O) groups excluding carboxylic acids is 12. The molecule has 8 heterocycles. The van der Waals surface area contributed by atoms with E-state index in [0.29, 0.717) is 163 Å². The Labute approximate surface area is 808 Å². The summed E-state index contributed by atoms with van der Waals surface area (Å²) in [5, 5.41) is 21.0. The lowest BCUT2D eigenvalue weighted by molar-refractivity contribution is -0.131. The summed E-state index contributed by atoms with van der Waals surface area (Å²) in [6, 6.07) is 21.5. The van der Waals surface area contributed by atoms with Gasteiger partial charge in [0, 0.05) is 194 Å². The van der Waals surface area contributed by atoms with Gasteiger partial charge in [0.1, 0.15) is 17.3 Å². The Morgan fingerprint density at radius 2 is 0.629 bits per heavy atom. The van der Waals surface area contributed by atoms with Gasteiger partial charge in [0.25, 0.3) is 0 Å². The second kappa shape index (κ2) is 56.1. The first kappa shape index (κ1) is 107. The molecule has 0 spiro atoms. The lowest BCUT2D eigenvalue weighted by Gasteiger charge is -2.32. The van der Waals surface area contributed by atoms with E-state index in [4.69, 9.17) is 65.4 Å². The molecule has 0 saturated carbocycles. The molecule has 4 fully saturated rings. The summed E-state index contributed by atoms with van der Waals surface area (Å²) in [6.45, 7) is 24.6. The largest absolute Gasteiger partial charge is 0.381 e. The van der Waals surface area contributed by atoms with Crippen LogP contribution in [-0.4, -0.2) is 174 Å². The van der Waals surface area contributed by atoms with Crippen molar-refractivity contribution in [2.45, 2.75) is 218 Å². The van der Waals surface area contributed by atoms with Gasteiger partial charge < -0.3 is 50.3 Å². The van der Waals surface area contributed by atoms with Gasteiger partial charge in [-0.15, -0.1) is 45.3 Å². The van der Waals surface area contributed by atoms with E-state index in [0.717, 1.165) is 119 Å². The lowest BCUT2D eigenvalue weighted by Crippen LogP contribution is -2.46. The topological polar surface area (TPSA) is 353 Å². The number of Topliss-reactive ketones (excluding diaryl/α,β-unsaturated/α-hetero) is 3. The number of carbonyl (C=O) groups is 12. The van der Waals surface area contributed by atoms with Crippen molar-refractivity contribution in [2.24, 2.45) is 47.3 Å². The van der Waals surface area contributed by atoms with Crippen LogP contribution in [0.4, 0.5) is 0 Å². The average Bonchev–Trinajstić information content (AvgIpc) is 1.69. The van der Waals surface area contributed by atoms with E-state index in [2.05, 4.69) is 72.8 Å². The fourth-order valence-corrected chi connectivity index (χ4v) is 22.0. The molecule has 8 aromatic rings. The summed E-state index contributed by atoms with van der Waals surface area (Å²) < 4.78 is 25.7. The first-order valence-corrected chi connectivity index (χ1v) is 50.4. The number of hydrogen-bond acceptors (Lipinski definition) is 24. The predicted molar refractivity (Wildman–Crippen MR) is 525 cm³/mol. The maximum Gasteiger partial charge on any atom is 0.224 e. The third-order valence-electron chi connectivity index (χ3n) is 24.2. The minimum Gasteiger partial charge on any atom is -0.381 e. The van der Waals surface area contributed by atoms with Crippen molar-refractivity contribution in [1.82, 2.24) is 46.5 Å². The van der Waals surface area contributed by atoms with Crippen molar-refractivity contribution in [3.63, 3.8) is 0 Å². The van der Waals surface area contributed by atoms with Gasteiger partial charge in [0.2, 0.25) is 29.5 Å². The highest BCUT2D eigenvalue weighted by molar-refractivity contribution is 7.19. The second-order valence-corrected chi connectivity index (χ2v) is 40.2. The molecule has 0 unspecified atom stereocenters. The number of allylic oxidation sites excluding steroid dienone is 4. The number of nitrogens with zero attached hydrogens (tertiary/aromatic N) is 4. The van der Waals surface area contributed by atoms with E-state index in [-0.39, 0.29) is 144 Å². The van der Waals surface area contributed by atoms with Crippen LogP contribution >= 0.6 is 91.8 Å². The smallest absolute Gasteiger partial charge is 0.224 e. The van der Waals surface area contributed by atoms with Crippen LogP contribution in [0.25, 0.3) is 40.9 Å². The van der Waals surface area contributed by atoms with Gasteiger partial charge in [-0.25, -0.2) is 19.9 Å². The quantitative estimate of drug-likeness (QED) is 0.0221. The zero-order chi connectivity index (χ0) is 95.2.